The molecule has 13 heteroatoms. The monoisotopic (exact) mass is 472 g/mol. The van der Waals surface area contributed by atoms with Crippen molar-refractivity contribution in [3.63, 3.8) is 0 Å². The highest BCUT2D eigenvalue weighted by atomic mass is 32.2. The molecule has 174 valence electrons. The number of amidine groups is 1. The van der Waals surface area contributed by atoms with E-state index in [-0.39, 0.29) is 24.4 Å². The van der Waals surface area contributed by atoms with Gasteiger partial charge in [0, 0.05) is 32.5 Å². The van der Waals surface area contributed by atoms with Gasteiger partial charge in [0.25, 0.3) is 5.72 Å². The van der Waals surface area contributed by atoms with Gasteiger partial charge in [-0.3, -0.25) is 20.1 Å². The number of halogens is 3. The highest BCUT2D eigenvalue weighted by Gasteiger charge is 2.59. The van der Waals surface area contributed by atoms with Gasteiger partial charge in [0.05, 0.1) is 23.3 Å². The summed E-state index contributed by atoms with van der Waals surface area (Å²) in [5.41, 5.74) is 4.47. The Bertz CT molecular complexity index is 956. The van der Waals surface area contributed by atoms with Crippen molar-refractivity contribution in [2.45, 2.75) is 31.7 Å². The van der Waals surface area contributed by atoms with Gasteiger partial charge in [0.15, 0.2) is 0 Å². The number of carbonyl (C=O) groups is 2. The lowest BCUT2D eigenvalue weighted by Crippen LogP contribution is -2.45. The third kappa shape index (κ3) is 4.88. The van der Waals surface area contributed by atoms with Crippen LogP contribution >= 0.6 is 11.8 Å². The van der Waals surface area contributed by atoms with Gasteiger partial charge >= 0.3 is 12.2 Å². The summed E-state index contributed by atoms with van der Waals surface area (Å²) in [6.07, 6.45) is -1.42. The zero-order valence-electron chi connectivity index (χ0n) is 17.5. The highest BCUT2D eigenvalue weighted by Crippen LogP contribution is 2.44. The molecule has 0 saturated heterocycles. The van der Waals surface area contributed by atoms with Crippen LogP contribution in [0.2, 0.25) is 0 Å². The van der Waals surface area contributed by atoms with Gasteiger partial charge in [-0.15, -0.1) is 11.8 Å². The Morgan fingerprint density at radius 3 is 2.72 bits per heavy atom. The molecular weight excluding hydrogens is 449 g/mol. The van der Waals surface area contributed by atoms with Gasteiger partial charge in [-0.05, 0) is 30.1 Å². The minimum Gasteiger partial charge on any atom is -0.369 e. The topological polar surface area (TPSA) is 131 Å². The van der Waals surface area contributed by atoms with Crippen LogP contribution in [0.15, 0.2) is 37.9 Å². The van der Waals surface area contributed by atoms with Gasteiger partial charge in [-0.1, -0.05) is 0 Å². The maximum Gasteiger partial charge on any atom is 0.439 e. The van der Waals surface area contributed by atoms with Crippen LogP contribution < -0.4 is 16.4 Å². The molecular formula is C19H23F3N6O3S. The van der Waals surface area contributed by atoms with E-state index < -0.39 is 35.5 Å². The summed E-state index contributed by atoms with van der Waals surface area (Å²) < 4.78 is 45.7. The number of carbonyl (C=O) groups excluding carboxylic acids is 2. The van der Waals surface area contributed by atoms with Crippen molar-refractivity contribution in [2.75, 3.05) is 26.0 Å². The van der Waals surface area contributed by atoms with E-state index in [4.69, 9.17) is 10.5 Å². The first-order valence-electron chi connectivity index (χ1n) is 9.77. The lowest BCUT2D eigenvalue weighted by atomic mass is 9.88. The second kappa shape index (κ2) is 9.45. The number of amides is 3. The summed E-state index contributed by atoms with van der Waals surface area (Å²) in [6, 6.07) is -0.466. The van der Waals surface area contributed by atoms with Crippen molar-refractivity contribution < 1.29 is 27.5 Å². The quantitative estimate of drug-likeness (QED) is 0.564. The van der Waals surface area contributed by atoms with Crippen molar-refractivity contribution >= 4 is 40.8 Å². The normalized spacial score (nSPS) is 25.8. The molecule has 4 N–H and O–H groups in total. The number of aliphatic imine (C=N–C) groups is 3. The standard InChI is InChI=1S/C19H23F3N6O3S/c1-3-25-17(30)27-14-5-12(16-28-18(31-2,9-32-16)19(20,21)22)13(8-26-14)10-4-11(15(23)29)7-24-6-10/h6-7,11H,3-5,8-9H2,1-2H3,(H2,23,29)(H2,25,26,27,30). The van der Waals surface area contributed by atoms with Crippen LogP contribution in [0, 0.1) is 5.92 Å². The zero-order valence-corrected chi connectivity index (χ0v) is 18.3. The highest BCUT2D eigenvalue weighted by molar-refractivity contribution is 8.14. The van der Waals surface area contributed by atoms with E-state index in [0.29, 0.717) is 29.1 Å². The second-order valence-corrected chi connectivity index (χ2v) is 8.20. The Hall–Kier alpha value is -2.67. The first-order valence-corrected chi connectivity index (χ1v) is 10.8. The van der Waals surface area contributed by atoms with E-state index in [1.165, 1.54) is 6.21 Å². The molecule has 0 aromatic rings. The molecule has 0 spiro atoms. The molecule has 3 aliphatic heterocycles. The number of dihydropyridines is 1. The van der Waals surface area contributed by atoms with Crippen LogP contribution in [0.1, 0.15) is 19.8 Å². The Balaban J connectivity index is 1.99. The molecule has 32 heavy (non-hydrogen) atoms. The fraction of sp³-hybridized carbons (Fsp3) is 0.526. The maximum atomic E-state index is 13.6. The number of hydrogen-bond donors (Lipinski definition) is 3. The predicted octanol–water partition coefficient (Wildman–Crippen LogP) is 1.91. The van der Waals surface area contributed by atoms with E-state index in [1.807, 2.05) is 0 Å². The van der Waals surface area contributed by atoms with Crippen LogP contribution in [0.5, 0.6) is 0 Å². The van der Waals surface area contributed by atoms with Gasteiger partial charge in [0.2, 0.25) is 5.91 Å². The molecule has 3 rings (SSSR count). The van der Waals surface area contributed by atoms with Crippen LogP contribution in [0.4, 0.5) is 18.0 Å². The average Bonchev–Trinajstić information content (AvgIpc) is 3.20. The van der Waals surface area contributed by atoms with E-state index >= 15 is 0 Å². The number of ether oxygens (including phenoxy) is 1. The third-order valence-corrected chi connectivity index (χ3v) is 6.29. The van der Waals surface area contributed by atoms with Crippen LogP contribution in [-0.2, 0) is 9.53 Å². The Labute approximate surface area is 186 Å². The predicted molar refractivity (Wildman–Crippen MR) is 116 cm³/mol. The van der Waals surface area contributed by atoms with Crippen LogP contribution in [0.25, 0.3) is 0 Å². The maximum absolute atomic E-state index is 13.6. The summed E-state index contributed by atoms with van der Waals surface area (Å²) in [4.78, 5) is 35.9. The number of methoxy groups -OCH3 is 1. The summed E-state index contributed by atoms with van der Waals surface area (Å²) in [5, 5.41) is 5.34. The SMILES string of the molecule is CCNC(=O)NC1=NCC(C2=CN=CC(C(N)=O)C2)=C(C2=NC(OC)(C(F)(F)F)CS2)C1. The van der Waals surface area contributed by atoms with Crippen molar-refractivity contribution in [3.05, 3.63) is 22.9 Å². The third-order valence-electron chi connectivity index (χ3n) is 5.15. The Morgan fingerprint density at radius 2 is 2.12 bits per heavy atom. The molecule has 0 aliphatic carbocycles. The molecule has 0 bridgehead atoms. The summed E-state index contributed by atoms with van der Waals surface area (Å²) >= 11 is 0.920. The molecule has 0 aromatic carbocycles. The molecule has 0 fully saturated rings. The molecule has 2 atom stereocenters. The fourth-order valence-electron chi connectivity index (χ4n) is 3.39. The number of alkyl halides is 3. The van der Waals surface area contributed by atoms with Crippen molar-refractivity contribution in [3.8, 4) is 0 Å². The fourth-order valence-corrected chi connectivity index (χ4v) is 4.65. The molecule has 0 saturated carbocycles. The largest absolute Gasteiger partial charge is 0.439 e. The van der Waals surface area contributed by atoms with Gasteiger partial charge in [-0.2, -0.15) is 13.2 Å². The number of nitrogens with zero attached hydrogens (tertiary/aromatic N) is 3. The lowest BCUT2D eigenvalue weighted by molar-refractivity contribution is -0.255. The molecule has 0 radical (unpaired) electrons. The van der Waals surface area contributed by atoms with Crippen LogP contribution in [0.3, 0.4) is 0 Å². The summed E-state index contributed by atoms with van der Waals surface area (Å²) in [6.45, 7) is 2.23. The number of urea groups is 1. The number of hydrogen-bond acceptors (Lipinski definition) is 7. The van der Waals surface area contributed by atoms with Crippen molar-refractivity contribution in [1.29, 1.82) is 0 Å². The second-order valence-electron chi connectivity index (χ2n) is 7.24. The molecule has 9 nitrogen and oxygen atoms in total. The average molecular weight is 472 g/mol. The summed E-state index contributed by atoms with van der Waals surface area (Å²) in [7, 11) is 0.968. The zero-order chi connectivity index (χ0) is 23.5. The molecule has 0 aromatic heterocycles. The molecule has 3 aliphatic rings. The minimum absolute atomic E-state index is 0.0538. The van der Waals surface area contributed by atoms with Crippen molar-refractivity contribution in [2.24, 2.45) is 26.6 Å². The Morgan fingerprint density at radius 1 is 1.38 bits per heavy atom. The van der Waals surface area contributed by atoms with E-state index in [9.17, 15) is 22.8 Å². The number of nitrogens with one attached hydrogen (secondary N) is 2. The molecule has 2 unspecified atom stereocenters. The van der Waals surface area contributed by atoms with Gasteiger partial charge in [0.1, 0.15) is 5.84 Å². The van der Waals surface area contributed by atoms with Crippen molar-refractivity contribution in [1.82, 2.24) is 10.6 Å². The Kier molecular flexibility index (Phi) is 7.08. The first kappa shape index (κ1) is 24.0. The number of primary amides is 1. The van der Waals surface area contributed by atoms with E-state index in [0.717, 1.165) is 18.9 Å². The van der Waals surface area contributed by atoms with E-state index in [1.54, 1.807) is 13.1 Å². The number of rotatable bonds is 5. The first-order chi connectivity index (χ1) is 15.1. The van der Waals surface area contributed by atoms with Crippen LogP contribution in [-0.4, -0.2) is 66.9 Å². The minimum atomic E-state index is -4.70. The van der Waals surface area contributed by atoms with Gasteiger partial charge < -0.3 is 15.8 Å². The van der Waals surface area contributed by atoms with E-state index in [2.05, 4.69) is 25.6 Å². The smallest absolute Gasteiger partial charge is 0.369 e. The molecule has 3 amide bonds. The lowest BCUT2D eigenvalue weighted by Gasteiger charge is -2.26. The van der Waals surface area contributed by atoms with Gasteiger partial charge in [-0.25, -0.2) is 9.79 Å². The number of thioether (sulfide) groups is 1. The summed E-state index contributed by atoms with van der Waals surface area (Å²) in [5.74, 6) is -1.32. The molecule has 3 heterocycles. The number of nitrogens with two attached hydrogens (primary N) is 1.